The SMILES string of the molecule is CC(C)(C)OC(=O)NCCC=Cc1ccc(/C=C/C=O)cc1. The molecule has 118 valence electrons. The summed E-state index contributed by atoms with van der Waals surface area (Å²) in [7, 11) is 0. The highest BCUT2D eigenvalue weighted by molar-refractivity contribution is 5.74. The number of hydrogen-bond acceptors (Lipinski definition) is 3. The molecule has 1 N–H and O–H groups in total. The zero-order valence-electron chi connectivity index (χ0n) is 13.3. The molecule has 0 heterocycles. The largest absolute Gasteiger partial charge is 0.444 e. The maximum atomic E-state index is 11.4. The van der Waals surface area contributed by atoms with Gasteiger partial charge in [-0.05, 0) is 44.4 Å². The highest BCUT2D eigenvalue weighted by atomic mass is 16.6. The van der Waals surface area contributed by atoms with Gasteiger partial charge in [-0.25, -0.2) is 4.79 Å². The van der Waals surface area contributed by atoms with Crippen LogP contribution in [0.5, 0.6) is 0 Å². The maximum absolute atomic E-state index is 11.4. The lowest BCUT2D eigenvalue weighted by Gasteiger charge is -2.19. The number of carbonyl (C=O) groups excluding carboxylic acids is 2. The van der Waals surface area contributed by atoms with E-state index in [0.717, 1.165) is 23.8 Å². The highest BCUT2D eigenvalue weighted by Gasteiger charge is 2.14. The van der Waals surface area contributed by atoms with Gasteiger partial charge in [0.1, 0.15) is 11.9 Å². The Kier molecular flexibility index (Phi) is 7.09. The van der Waals surface area contributed by atoms with Crippen molar-refractivity contribution in [2.75, 3.05) is 6.54 Å². The van der Waals surface area contributed by atoms with E-state index in [2.05, 4.69) is 5.32 Å². The first-order valence-corrected chi connectivity index (χ1v) is 7.26. The van der Waals surface area contributed by atoms with Gasteiger partial charge >= 0.3 is 6.09 Å². The Bertz CT molecular complexity index is 536. The second-order valence-corrected chi connectivity index (χ2v) is 5.78. The van der Waals surface area contributed by atoms with Crippen LogP contribution >= 0.6 is 0 Å². The third kappa shape index (κ3) is 8.04. The first kappa shape index (κ1) is 17.7. The smallest absolute Gasteiger partial charge is 0.407 e. The lowest BCUT2D eigenvalue weighted by Crippen LogP contribution is -2.32. The molecule has 22 heavy (non-hydrogen) atoms. The lowest BCUT2D eigenvalue weighted by atomic mass is 10.1. The molecule has 0 aliphatic carbocycles. The summed E-state index contributed by atoms with van der Waals surface area (Å²) in [6, 6.07) is 7.84. The summed E-state index contributed by atoms with van der Waals surface area (Å²) in [4.78, 5) is 21.7. The van der Waals surface area contributed by atoms with Crippen LogP contribution in [-0.2, 0) is 9.53 Å². The van der Waals surface area contributed by atoms with Crippen molar-refractivity contribution in [3.05, 3.63) is 47.5 Å². The molecule has 0 radical (unpaired) electrons. The fourth-order valence-electron chi connectivity index (χ4n) is 1.66. The predicted octanol–water partition coefficient (Wildman–Crippen LogP) is 3.83. The third-order valence-electron chi connectivity index (χ3n) is 2.59. The Morgan fingerprint density at radius 3 is 2.27 bits per heavy atom. The van der Waals surface area contributed by atoms with E-state index in [-0.39, 0.29) is 0 Å². The van der Waals surface area contributed by atoms with Crippen molar-refractivity contribution in [3.63, 3.8) is 0 Å². The van der Waals surface area contributed by atoms with Gasteiger partial charge in [0.2, 0.25) is 0 Å². The molecule has 0 spiro atoms. The zero-order chi connectivity index (χ0) is 16.4. The van der Waals surface area contributed by atoms with Crippen molar-refractivity contribution >= 4 is 24.5 Å². The minimum Gasteiger partial charge on any atom is -0.444 e. The minimum absolute atomic E-state index is 0.396. The van der Waals surface area contributed by atoms with E-state index in [1.54, 1.807) is 6.08 Å². The molecule has 1 rings (SSSR count). The molecule has 0 saturated carbocycles. The molecular formula is C18H23NO3. The van der Waals surface area contributed by atoms with E-state index < -0.39 is 11.7 Å². The maximum Gasteiger partial charge on any atom is 0.407 e. The number of amides is 1. The number of nitrogens with one attached hydrogen (secondary N) is 1. The summed E-state index contributed by atoms with van der Waals surface area (Å²) in [6.07, 6.45) is 8.29. The van der Waals surface area contributed by atoms with Crippen LogP contribution in [0.2, 0.25) is 0 Å². The lowest BCUT2D eigenvalue weighted by molar-refractivity contribution is -0.104. The molecular weight excluding hydrogens is 278 g/mol. The molecule has 0 atom stereocenters. The fraction of sp³-hybridized carbons (Fsp3) is 0.333. The van der Waals surface area contributed by atoms with Crippen LogP contribution in [-0.4, -0.2) is 24.5 Å². The van der Waals surface area contributed by atoms with Crippen molar-refractivity contribution in [1.82, 2.24) is 5.32 Å². The monoisotopic (exact) mass is 301 g/mol. The van der Waals surface area contributed by atoms with E-state index >= 15 is 0 Å². The highest BCUT2D eigenvalue weighted by Crippen LogP contribution is 2.08. The van der Waals surface area contributed by atoms with Crippen molar-refractivity contribution in [3.8, 4) is 0 Å². The molecule has 0 aliphatic heterocycles. The van der Waals surface area contributed by atoms with Gasteiger partial charge in [-0.15, -0.1) is 0 Å². The zero-order valence-corrected chi connectivity index (χ0v) is 13.3. The third-order valence-corrected chi connectivity index (χ3v) is 2.59. The Hall–Kier alpha value is -2.36. The molecule has 0 aromatic heterocycles. The Balaban J connectivity index is 2.32. The topological polar surface area (TPSA) is 55.4 Å². The van der Waals surface area contributed by atoms with Crippen LogP contribution in [0.15, 0.2) is 36.4 Å². The number of rotatable bonds is 6. The number of hydrogen-bond donors (Lipinski definition) is 1. The van der Waals surface area contributed by atoms with Crippen LogP contribution in [0.25, 0.3) is 12.2 Å². The number of allylic oxidation sites excluding steroid dienone is 1. The van der Waals surface area contributed by atoms with Crippen LogP contribution in [0.1, 0.15) is 38.3 Å². The standard InChI is InChI=1S/C18H23NO3/c1-18(2,3)22-17(21)19-13-5-4-7-15-9-11-16(12-10-15)8-6-14-20/h4,6-12,14H,5,13H2,1-3H3,(H,19,21)/b7-4?,8-6+. The molecule has 0 fully saturated rings. The van der Waals surface area contributed by atoms with E-state index in [1.807, 2.05) is 57.2 Å². The fourth-order valence-corrected chi connectivity index (χ4v) is 1.66. The van der Waals surface area contributed by atoms with Gasteiger partial charge in [0, 0.05) is 6.54 Å². The molecule has 4 nitrogen and oxygen atoms in total. The molecule has 1 aromatic carbocycles. The minimum atomic E-state index is -0.472. The summed E-state index contributed by atoms with van der Waals surface area (Å²) in [6.45, 7) is 6.03. The summed E-state index contributed by atoms with van der Waals surface area (Å²) in [5.41, 5.74) is 1.58. The molecule has 0 saturated heterocycles. The number of alkyl carbamates (subject to hydrolysis) is 1. The predicted molar refractivity (Wildman–Crippen MR) is 89.4 cm³/mol. The first-order valence-electron chi connectivity index (χ1n) is 7.26. The Labute approximate surface area is 131 Å². The van der Waals surface area contributed by atoms with Crippen LogP contribution in [0.3, 0.4) is 0 Å². The molecule has 0 unspecified atom stereocenters. The average Bonchev–Trinajstić information content (AvgIpc) is 2.44. The van der Waals surface area contributed by atoms with Gasteiger partial charge in [0.25, 0.3) is 0 Å². The Morgan fingerprint density at radius 2 is 1.73 bits per heavy atom. The second-order valence-electron chi connectivity index (χ2n) is 5.78. The molecule has 1 amide bonds. The van der Waals surface area contributed by atoms with Gasteiger partial charge in [0.15, 0.2) is 0 Å². The van der Waals surface area contributed by atoms with Crippen LogP contribution in [0, 0.1) is 0 Å². The van der Waals surface area contributed by atoms with E-state index in [4.69, 9.17) is 4.74 Å². The normalized spacial score (nSPS) is 11.8. The summed E-state index contributed by atoms with van der Waals surface area (Å²) < 4.78 is 5.14. The van der Waals surface area contributed by atoms with Gasteiger partial charge in [-0.1, -0.05) is 42.5 Å². The number of carbonyl (C=O) groups is 2. The van der Waals surface area contributed by atoms with Crippen molar-refractivity contribution < 1.29 is 14.3 Å². The first-order chi connectivity index (χ1) is 10.4. The van der Waals surface area contributed by atoms with E-state index in [1.165, 1.54) is 6.08 Å². The van der Waals surface area contributed by atoms with E-state index in [9.17, 15) is 9.59 Å². The van der Waals surface area contributed by atoms with Crippen LogP contribution in [0.4, 0.5) is 4.79 Å². The van der Waals surface area contributed by atoms with Crippen molar-refractivity contribution in [1.29, 1.82) is 0 Å². The Morgan fingerprint density at radius 1 is 1.14 bits per heavy atom. The van der Waals surface area contributed by atoms with E-state index in [0.29, 0.717) is 6.54 Å². The quantitative estimate of drug-likeness (QED) is 0.493. The van der Waals surface area contributed by atoms with Crippen LogP contribution < -0.4 is 5.32 Å². The van der Waals surface area contributed by atoms with Crippen molar-refractivity contribution in [2.24, 2.45) is 0 Å². The summed E-state index contributed by atoms with van der Waals surface area (Å²) in [5.74, 6) is 0. The van der Waals surface area contributed by atoms with Gasteiger partial charge < -0.3 is 10.1 Å². The second kappa shape index (κ2) is 8.82. The number of ether oxygens (including phenoxy) is 1. The molecule has 4 heteroatoms. The molecule has 0 aliphatic rings. The van der Waals surface area contributed by atoms with Gasteiger partial charge in [-0.2, -0.15) is 0 Å². The average molecular weight is 301 g/mol. The molecule has 0 bridgehead atoms. The van der Waals surface area contributed by atoms with Gasteiger partial charge in [0.05, 0.1) is 0 Å². The van der Waals surface area contributed by atoms with Gasteiger partial charge in [-0.3, -0.25) is 4.79 Å². The summed E-state index contributed by atoms with van der Waals surface area (Å²) in [5, 5.41) is 2.70. The molecule has 1 aromatic rings. The number of aldehydes is 1. The summed E-state index contributed by atoms with van der Waals surface area (Å²) >= 11 is 0. The van der Waals surface area contributed by atoms with Crippen molar-refractivity contribution in [2.45, 2.75) is 32.8 Å². The number of benzene rings is 1.